The maximum atomic E-state index is 13.2. The van der Waals surface area contributed by atoms with Gasteiger partial charge in [0.05, 0.1) is 23.4 Å². The Hall–Kier alpha value is -3.53. The molecule has 0 saturated carbocycles. The molecule has 1 aromatic heterocycles. The Bertz CT molecular complexity index is 1170. The van der Waals surface area contributed by atoms with E-state index in [2.05, 4.69) is 25.2 Å². The number of fused-ring (bicyclic) bond motifs is 2. The number of anilines is 1. The number of aromatic nitrogens is 2. The summed E-state index contributed by atoms with van der Waals surface area (Å²) in [5.74, 6) is 0.690. The van der Waals surface area contributed by atoms with Gasteiger partial charge >= 0.3 is 12.3 Å². The Morgan fingerprint density at radius 3 is 2.90 bits per heavy atom. The van der Waals surface area contributed by atoms with Crippen LogP contribution in [0.2, 0.25) is 5.02 Å². The number of carbonyl (C=O) groups excluding carboxylic acids is 1. The molecule has 2 aliphatic heterocycles. The third-order valence-electron chi connectivity index (χ3n) is 4.81. The summed E-state index contributed by atoms with van der Waals surface area (Å²) in [7, 11) is 0. The minimum Gasteiger partial charge on any atom is -0.492 e. The standard InChI is InChI=1S/C20H15ClF2N4O4/c21-13-3-1-2-12-14(7-9-29-18(12)13)24-19(28)25-17-6-8-27(26-17)11-4-5-15-16(10-11)31-20(22,23)30-15/h1-6,8,10,14H,7,9H2,(H2,24,25,26,28)/t14-/m0/s1. The minimum absolute atomic E-state index is 0.0597. The number of para-hydroxylation sites is 1. The zero-order chi connectivity index (χ0) is 21.6. The Labute approximate surface area is 179 Å². The topological polar surface area (TPSA) is 86.6 Å². The molecule has 0 radical (unpaired) electrons. The lowest BCUT2D eigenvalue weighted by Gasteiger charge is -2.27. The Morgan fingerprint density at radius 1 is 1.19 bits per heavy atom. The molecule has 0 bridgehead atoms. The average Bonchev–Trinajstić information content (AvgIpc) is 3.30. The summed E-state index contributed by atoms with van der Waals surface area (Å²) >= 11 is 6.16. The molecule has 0 saturated heterocycles. The first kappa shape index (κ1) is 19.4. The number of amides is 2. The predicted molar refractivity (Wildman–Crippen MR) is 106 cm³/mol. The molecule has 8 nitrogen and oxygen atoms in total. The summed E-state index contributed by atoms with van der Waals surface area (Å²) in [4.78, 5) is 12.5. The molecule has 1 atom stereocenters. The molecule has 2 aromatic carbocycles. The van der Waals surface area contributed by atoms with Gasteiger partial charge in [0.15, 0.2) is 17.3 Å². The van der Waals surface area contributed by atoms with E-state index in [0.717, 1.165) is 5.56 Å². The second-order valence-corrected chi connectivity index (χ2v) is 7.30. The Morgan fingerprint density at radius 2 is 2.03 bits per heavy atom. The van der Waals surface area contributed by atoms with Crippen molar-refractivity contribution in [1.82, 2.24) is 15.1 Å². The van der Waals surface area contributed by atoms with Crippen LogP contribution in [0.15, 0.2) is 48.7 Å². The molecule has 2 amide bonds. The van der Waals surface area contributed by atoms with Crippen LogP contribution in [0.3, 0.4) is 0 Å². The number of nitrogens with one attached hydrogen (secondary N) is 2. The van der Waals surface area contributed by atoms with Crippen molar-refractivity contribution >= 4 is 23.4 Å². The Kier molecular flexibility index (Phi) is 4.58. The Balaban J connectivity index is 1.27. The van der Waals surface area contributed by atoms with Crippen LogP contribution in [0.4, 0.5) is 19.4 Å². The number of urea groups is 1. The van der Waals surface area contributed by atoms with E-state index >= 15 is 0 Å². The van der Waals surface area contributed by atoms with Crippen molar-refractivity contribution in [2.75, 3.05) is 11.9 Å². The van der Waals surface area contributed by atoms with Gasteiger partial charge < -0.3 is 19.5 Å². The maximum absolute atomic E-state index is 13.2. The monoisotopic (exact) mass is 448 g/mol. The second kappa shape index (κ2) is 7.31. The van der Waals surface area contributed by atoms with Crippen LogP contribution < -0.4 is 24.8 Å². The van der Waals surface area contributed by atoms with Gasteiger partial charge in [0.2, 0.25) is 0 Å². The molecule has 160 valence electrons. The minimum atomic E-state index is -3.69. The van der Waals surface area contributed by atoms with Gasteiger partial charge in [-0.2, -0.15) is 0 Å². The third-order valence-corrected chi connectivity index (χ3v) is 5.11. The van der Waals surface area contributed by atoms with Crippen molar-refractivity contribution in [3.8, 4) is 22.9 Å². The molecule has 3 aromatic rings. The lowest BCUT2D eigenvalue weighted by molar-refractivity contribution is -0.286. The van der Waals surface area contributed by atoms with E-state index in [4.69, 9.17) is 16.3 Å². The maximum Gasteiger partial charge on any atom is 0.586 e. The number of rotatable bonds is 3. The first-order chi connectivity index (χ1) is 14.9. The summed E-state index contributed by atoms with van der Waals surface area (Å²) in [6.45, 7) is 0.430. The number of nitrogens with zero attached hydrogens (tertiary/aromatic N) is 2. The van der Waals surface area contributed by atoms with Crippen molar-refractivity contribution < 1.29 is 27.8 Å². The van der Waals surface area contributed by atoms with Gasteiger partial charge in [-0.25, -0.2) is 9.48 Å². The largest absolute Gasteiger partial charge is 0.586 e. The molecule has 11 heteroatoms. The van der Waals surface area contributed by atoms with Crippen LogP contribution >= 0.6 is 11.6 Å². The van der Waals surface area contributed by atoms with Crippen molar-refractivity contribution in [2.24, 2.45) is 0 Å². The van der Waals surface area contributed by atoms with Crippen LogP contribution in [-0.4, -0.2) is 28.7 Å². The lowest BCUT2D eigenvalue weighted by atomic mass is 10.0. The van der Waals surface area contributed by atoms with Crippen molar-refractivity contribution in [3.05, 3.63) is 59.2 Å². The highest BCUT2D eigenvalue weighted by Gasteiger charge is 2.43. The van der Waals surface area contributed by atoms with Crippen LogP contribution in [0.1, 0.15) is 18.0 Å². The molecule has 0 fully saturated rings. The van der Waals surface area contributed by atoms with Crippen LogP contribution in [0.25, 0.3) is 5.69 Å². The third kappa shape index (κ3) is 3.81. The summed E-state index contributed by atoms with van der Waals surface area (Å²) in [5, 5.41) is 10.3. The fraction of sp³-hybridized carbons (Fsp3) is 0.200. The van der Waals surface area contributed by atoms with E-state index in [-0.39, 0.29) is 23.4 Å². The predicted octanol–water partition coefficient (Wildman–Crippen LogP) is 4.49. The molecule has 3 heterocycles. The molecule has 5 rings (SSSR count). The molecular formula is C20H15ClF2N4O4. The van der Waals surface area contributed by atoms with Gasteiger partial charge in [0.25, 0.3) is 0 Å². The van der Waals surface area contributed by atoms with E-state index in [1.54, 1.807) is 30.5 Å². The summed E-state index contributed by atoms with van der Waals surface area (Å²) in [6.07, 6.45) is -1.52. The van der Waals surface area contributed by atoms with Crippen molar-refractivity contribution in [2.45, 2.75) is 18.8 Å². The molecule has 0 unspecified atom stereocenters. The second-order valence-electron chi connectivity index (χ2n) is 6.89. The van der Waals surface area contributed by atoms with Crippen molar-refractivity contribution in [3.63, 3.8) is 0 Å². The number of alkyl halides is 2. The first-order valence-electron chi connectivity index (χ1n) is 9.33. The fourth-order valence-corrected chi connectivity index (χ4v) is 3.70. The van der Waals surface area contributed by atoms with Crippen LogP contribution in [-0.2, 0) is 0 Å². The van der Waals surface area contributed by atoms with E-state index in [1.807, 2.05) is 6.07 Å². The first-order valence-corrected chi connectivity index (χ1v) is 9.70. The zero-order valence-electron chi connectivity index (χ0n) is 15.8. The van der Waals surface area contributed by atoms with Gasteiger partial charge in [-0.15, -0.1) is 13.9 Å². The average molecular weight is 449 g/mol. The quantitative estimate of drug-likeness (QED) is 0.616. The lowest BCUT2D eigenvalue weighted by Crippen LogP contribution is -2.35. The molecular weight excluding hydrogens is 434 g/mol. The van der Waals surface area contributed by atoms with Gasteiger partial charge in [0, 0.05) is 30.3 Å². The number of ether oxygens (including phenoxy) is 3. The van der Waals surface area contributed by atoms with E-state index < -0.39 is 12.3 Å². The van der Waals surface area contributed by atoms with Gasteiger partial charge in [-0.1, -0.05) is 23.7 Å². The van der Waals surface area contributed by atoms with Gasteiger partial charge in [-0.05, 0) is 18.2 Å². The summed E-state index contributed by atoms with van der Waals surface area (Å²) in [6, 6.07) is 10.5. The van der Waals surface area contributed by atoms with E-state index in [1.165, 1.54) is 16.8 Å². The SMILES string of the molecule is O=C(Nc1ccn(-c2ccc3c(c2)OC(F)(F)O3)n1)N[C@H]1CCOc2c(Cl)cccc21. The van der Waals surface area contributed by atoms with Gasteiger partial charge in [0.1, 0.15) is 5.75 Å². The summed E-state index contributed by atoms with van der Waals surface area (Å²) in [5.41, 5.74) is 1.26. The normalized spacial score (nSPS) is 18.1. The van der Waals surface area contributed by atoms with Gasteiger partial charge in [-0.3, -0.25) is 5.32 Å². The zero-order valence-corrected chi connectivity index (χ0v) is 16.5. The highest BCUT2D eigenvalue weighted by molar-refractivity contribution is 6.32. The molecule has 31 heavy (non-hydrogen) atoms. The molecule has 0 spiro atoms. The van der Waals surface area contributed by atoms with Crippen LogP contribution in [0, 0.1) is 0 Å². The molecule has 2 N–H and O–H groups in total. The number of halogens is 3. The number of benzene rings is 2. The number of carbonyl (C=O) groups is 1. The number of hydrogen-bond donors (Lipinski definition) is 2. The van der Waals surface area contributed by atoms with E-state index in [9.17, 15) is 13.6 Å². The highest BCUT2D eigenvalue weighted by atomic mass is 35.5. The number of hydrogen-bond acceptors (Lipinski definition) is 5. The molecule has 0 aliphatic carbocycles. The van der Waals surface area contributed by atoms with Crippen molar-refractivity contribution in [1.29, 1.82) is 0 Å². The van der Waals surface area contributed by atoms with E-state index in [0.29, 0.717) is 29.5 Å². The highest BCUT2D eigenvalue weighted by Crippen LogP contribution is 2.42. The smallest absolute Gasteiger partial charge is 0.492 e. The fourth-order valence-electron chi connectivity index (χ4n) is 3.46. The molecule has 2 aliphatic rings. The summed E-state index contributed by atoms with van der Waals surface area (Å²) < 4.78 is 42.2. The van der Waals surface area contributed by atoms with Crippen LogP contribution in [0.5, 0.6) is 17.2 Å².